The van der Waals surface area contributed by atoms with Gasteiger partial charge in [0.1, 0.15) is 18.1 Å². The minimum absolute atomic E-state index is 0.0906. The van der Waals surface area contributed by atoms with E-state index in [1.54, 1.807) is 60.5 Å². The van der Waals surface area contributed by atoms with Crippen LogP contribution in [0, 0.1) is 0 Å². The smallest absolute Gasteiger partial charge is 0.253 e. The maximum absolute atomic E-state index is 12.8. The molecule has 3 rings (SSSR count). The van der Waals surface area contributed by atoms with Crippen molar-refractivity contribution < 1.29 is 19.1 Å². The lowest BCUT2D eigenvalue weighted by atomic mass is 10.1. The van der Waals surface area contributed by atoms with Crippen LogP contribution in [0.5, 0.6) is 11.5 Å². The average Bonchev–Trinajstić information content (AvgIpc) is 2.80. The van der Waals surface area contributed by atoms with Crippen molar-refractivity contribution in [2.45, 2.75) is 13.0 Å². The van der Waals surface area contributed by atoms with Gasteiger partial charge in [-0.05, 0) is 54.4 Å². The zero-order valence-corrected chi connectivity index (χ0v) is 18.5. The molecule has 0 aliphatic carbocycles. The Labute approximate surface area is 192 Å². The summed E-state index contributed by atoms with van der Waals surface area (Å²) in [6, 6.07) is 21.2. The lowest BCUT2D eigenvalue weighted by molar-refractivity contribution is 0.0787. The molecule has 0 bridgehead atoms. The van der Waals surface area contributed by atoms with E-state index in [2.05, 4.69) is 0 Å². The first-order valence-electron chi connectivity index (χ1n) is 10.2. The van der Waals surface area contributed by atoms with Crippen molar-refractivity contribution in [3.63, 3.8) is 0 Å². The zero-order valence-electron chi connectivity index (χ0n) is 17.8. The molecule has 166 valence electrons. The summed E-state index contributed by atoms with van der Waals surface area (Å²) in [6.45, 7) is 1.24. The van der Waals surface area contributed by atoms with Crippen molar-refractivity contribution in [1.29, 1.82) is 0 Å². The maximum Gasteiger partial charge on any atom is 0.253 e. The van der Waals surface area contributed by atoms with E-state index in [0.717, 1.165) is 5.56 Å². The first kappa shape index (κ1) is 23.2. The van der Waals surface area contributed by atoms with Gasteiger partial charge in [0, 0.05) is 24.2 Å². The van der Waals surface area contributed by atoms with Gasteiger partial charge in [-0.2, -0.15) is 0 Å². The molecule has 2 N–H and O–H groups in total. The number of ether oxygens (including phenoxy) is 2. The van der Waals surface area contributed by atoms with Crippen molar-refractivity contribution in [2.24, 2.45) is 5.73 Å². The number of nitrogens with two attached hydrogens (primary N) is 1. The van der Waals surface area contributed by atoms with Gasteiger partial charge >= 0.3 is 0 Å². The summed E-state index contributed by atoms with van der Waals surface area (Å²) < 4.78 is 11.4. The zero-order chi connectivity index (χ0) is 22.9. The summed E-state index contributed by atoms with van der Waals surface area (Å²) in [4.78, 5) is 26.0. The summed E-state index contributed by atoms with van der Waals surface area (Å²) in [5.41, 5.74) is 7.08. The molecule has 0 aliphatic rings. The third-order valence-corrected chi connectivity index (χ3v) is 5.01. The van der Waals surface area contributed by atoms with Crippen LogP contribution in [-0.2, 0) is 6.61 Å². The predicted octanol–water partition coefficient (Wildman–Crippen LogP) is 4.56. The van der Waals surface area contributed by atoms with Crippen LogP contribution in [0.2, 0.25) is 5.02 Å². The summed E-state index contributed by atoms with van der Waals surface area (Å²) in [5.74, 6) is 0.475. The molecule has 2 amide bonds. The molecule has 0 radical (unpaired) electrons. The van der Waals surface area contributed by atoms with E-state index in [9.17, 15) is 9.59 Å². The van der Waals surface area contributed by atoms with Crippen LogP contribution < -0.4 is 15.2 Å². The number of halogens is 1. The van der Waals surface area contributed by atoms with Gasteiger partial charge in [-0.3, -0.25) is 9.59 Å². The summed E-state index contributed by atoms with van der Waals surface area (Å²) in [7, 11) is 1.76. The molecule has 0 aliphatic heterocycles. The Kier molecular flexibility index (Phi) is 8.11. The van der Waals surface area contributed by atoms with Crippen LogP contribution in [0.25, 0.3) is 0 Å². The second kappa shape index (κ2) is 11.2. The molecule has 3 aromatic rings. The van der Waals surface area contributed by atoms with Crippen molar-refractivity contribution in [1.82, 2.24) is 4.90 Å². The molecule has 0 spiro atoms. The highest BCUT2D eigenvalue weighted by atomic mass is 35.5. The van der Waals surface area contributed by atoms with Crippen LogP contribution in [0.4, 0.5) is 0 Å². The largest absolute Gasteiger partial charge is 0.493 e. The minimum Gasteiger partial charge on any atom is -0.493 e. The van der Waals surface area contributed by atoms with Crippen molar-refractivity contribution in [3.8, 4) is 11.5 Å². The van der Waals surface area contributed by atoms with E-state index in [4.69, 9.17) is 26.8 Å². The highest BCUT2D eigenvalue weighted by Crippen LogP contribution is 2.20. The van der Waals surface area contributed by atoms with E-state index in [1.807, 2.05) is 24.3 Å². The Balaban J connectivity index is 1.52. The molecule has 0 saturated heterocycles. The number of primary amides is 1. The number of amides is 2. The Hall–Kier alpha value is -3.51. The monoisotopic (exact) mass is 452 g/mol. The van der Waals surface area contributed by atoms with Crippen molar-refractivity contribution >= 4 is 23.4 Å². The number of para-hydroxylation sites is 1. The quantitative estimate of drug-likeness (QED) is 0.457. The summed E-state index contributed by atoms with van der Waals surface area (Å²) >= 11 is 5.95. The number of nitrogens with zero attached hydrogens (tertiary/aromatic N) is 1. The van der Waals surface area contributed by atoms with E-state index in [0.29, 0.717) is 47.2 Å². The Bertz CT molecular complexity index is 1090. The molecular formula is C25H25ClN2O4. The first-order valence-corrected chi connectivity index (χ1v) is 10.6. The van der Waals surface area contributed by atoms with Gasteiger partial charge in [0.05, 0.1) is 12.2 Å². The van der Waals surface area contributed by atoms with E-state index in [-0.39, 0.29) is 12.5 Å². The summed E-state index contributed by atoms with van der Waals surface area (Å²) in [5, 5.41) is 0.622. The minimum atomic E-state index is -0.550. The van der Waals surface area contributed by atoms with Crippen LogP contribution in [-0.4, -0.2) is 36.9 Å². The second-order valence-electron chi connectivity index (χ2n) is 7.24. The van der Waals surface area contributed by atoms with Gasteiger partial charge in [-0.25, -0.2) is 0 Å². The lowest BCUT2D eigenvalue weighted by Crippen LogP contribution is -2.28. The van der Waals surface area contributed by atoms with Gasteiger partial charge in [-0.1, -0.05) is 41.9 Å². The number of hydrogen-bond donors (Lipinski definition) is 1. The standard InChI is InChI=1S/C25H25ClN2O4/c1-28(13-6-14-31-21-10-5-9-20(26)16-21)25(30)19-8-4-7-18(15-19)17-32-23-12-3-2-11-22(23)24(27)29/h2-5,7-12,15-16H,6,13-14,17H2,1H3,(H2,27,29). The molecule has 3 aromatic carbocycles. The number of hydrogen-bond acceptors (Lipinski definition) is 4. The van der Waals surface area contributed by atoms with Gasteiger partial charge in [0.15, 0.2) is 0 Å². The van der Waals surface area contributed by atoms with Gasteiger partial charge in [0.2, 0.25) is 0 Å². The van der Waals surface area contributed by atoms with E-state index < -0.39 is 5.91 Å². The molecule has 0 aromatic heterocycles. The molecule has 6 nitrogen and oxygen atoms in total. The fourth-order valence-electron chi connectivity index (χ4n) is 3.12. The lowest BCUT2D eigenvalue weighted by Gasteiger charge is -2.18. The first-order chi connectivity index (χ1) is 15.4. The number of carbonyl (C=O) groups is 2. The number of benzene rings is 3. The normalized spacial score (nSPS) is 10.4. The van der Waals surface area contributed by atoms with E-state index in [1.165, 1.54) is 0 Å². The van der Waals surface area contributed by atoms with Crippen LogP contribution in [0.3, 0.4) is 0 Å². The maximum atomic E-state index is 12.8. The Morgan fingerprint density at radius 3 is 2.53 bits per heavy atom. The predicted molar refractivity (Wildman–Crippen MR) is 124 cm³/mol. The molecule has 0 atom stereocenters. The summed E-state index contributed by atoms with van der Waals surface area (Å²) in [6.07, 6.45) is 0.682. The van der Waals surface area contributed by atoms with Crippen molar-refractivity contribution in [3.05, 3.63) is 94.5 Å². The molecule has 32 heavy (non-hydrogen) atoms. The SMILES string of the molecule is CN(CCCOc1cccc(Cl)c1)C(=O)c1cccc(COc2ccccc2C(N)=O)c1. The average molecular weight is 453 g/mol. The highest BCUT2D eigenvalue weighted by Gasteiger charge is 2.13. The molecule has 7 heteroatoms. The van der Waals surface area contributed by atoms with Crippen LogP contribution >= 0.6 is 11.6 Å². The third-order valence-electron chi connectivity index (χ3n) is 4.77. The second-order valence-corrected chi connectivity index (χ2v) is 7.67. The topological polar surface area (TPSA) is 81.9 Å². The Morgan fingerprint density at radius 2 is 1.75 bits per heavy atom. The molecule has 0 fully saturated rings. The molecule has 0 unspecified atom stereocenters. The van der Waals surface area contributed by atoms with Crippen molar-refractivity contribution in [2.75, 3.05) is 20.2 Å². The fraction of sp³-hybridized carbons (Fsp3) is 0.200. The molecular weight excluding hydrogens is 428 g/mol. The van der Waals surface area contributed by atoms with Gasteiger partial charge in [-0.15, -0.1) is 0 Å². The number of carbonyl (C=O) groups excluding carboxylic acids is 2. The van der Waals surface area contributed by atoms with Crippen LogP contribution in [0.15, 0.2) is 72.8 Å². The number of rotatable bonds is 10. The molecule has 0 saturated carbocycles. The fourth-order valence-corrected chi connectivity index (χ4v) is 3.30. The molecule has 0 heterocycles. The highest BCUT2D eigenvalue weighted by molar-refractivity contribution is 6.30. The van der Waals surface area contributed by atoms with Gasteiger partial charge in [0.25, 0.3) is 11.8 Å². The van der Waals surface area contributed by atoms with Gasteiger partial charge < -0.3 is 20.1 Å². The van der Waals surface area contributed by atoms with Crippen LogP contribution in [0.1, 0.15) is 32.7 Å². The third kappa shape index (κ3) is 6.49. The van der Waals surface area contributed by atoms with E-state index >= 15 is 0 Å². The Morgan fingerprint density at radius 1 is 0.969 bits per heavy atom.